The van der Waals surface area contributed by atoms with Gasteiger partial charge in [-0.1, -0.05) is 23.2 Å². The molecule has 2 unspecified atom stereocenters. The molecule has 2 atom stereocenters. The maximum absolute atomic E-state index is 10.2. The third kappa shape index (κ3) is 5.11. The van der Waals surface area contributed by atoms with E-state index in [0.717, 1.165) is 39.1 Å². The van der Waals surface area contributed by atoms with Gasteiger partial charge in [0.05, 0.1) is 34.5 Å². The number of likely N-dealkylation sites (N-methyl/N-ethyl adjacent to an activating group) is 1. The molecule has 3 rings (SSSR count). The average molecular weight is 456 g/mol. The van der Waals surface area contributed by atoms with Crippen LogP contribution in [-0.4, -0.2) is 95.8 Å². The Hall–Kier alpha value is -1.73. The minimum atomic E-state index is -0.851. The Morgan fingerprint density at radius 1 is 1.17 bits per heavy atom. The van der Waals surface area contributed by atoms with Crippen LogP contribution in [0, 0.1) is 11.3 Å². The van der Waals surface area contributed by atoms with Crippen molar-refractivity contribution in [2.24, 2.45) is 0 Å². The zero-order chi connectivity index (χ0) is 21.8. The van der Waals surface area contributed by atoms with Gasteiger partial charge in [-0.15, -0.1) is 0 Å². The van der Waals surface area contributed by atoms with Crippen LogP contribution in [0.15, 0.2) is 24.1 Å². The largest absolute Gasteiger partial charge is 0.495 e. The fourth-order valence-electron chi connectivity index (χ4n) is 3.74. The third-order valence-corrected chi connectivity index (χ3v) is 6.12. The smallest absolute Gasteiger partial charge is 0.189 e. The Morgan fingerprint density at radius 2 is 1.80 bits per heavy atom. The van der Waals surface area contributed by atoms with Crippen LogP contribution in [0.1, 0.15) is 12.0 Å². The molecule has 8 nitrogen and oxygen atoms in total. The molecule has 2 N–H and O–H groups in total. The summed E-state index contributed by atoms with van der Waals surface area (Å²) in [6.07, 6.45) is 1.60. The van der Waals surface area contributed by atoms with Gasteiger partial charge in [0.2, 0.25) is 0 Å². The van der Waals surface area contributed by atoms with E-state index in [2.05, 4.69) is 9.80 Å². The van der Waals surface area contributed by atoms with E-state index in [9.17, 15) is 10.2 Å². The van der Waals surface area contributed by atoms with Gasteiger partial charge in [-0.2, -0.15) is 5.26 Å². The van der Waals surface area contributed by atoms with Gasteiger partial charge in [0.1, 0.15) is 0 Å². The summed E-state index contributed by atoms with van der Waals surface area (Å²) in [7, 11) is 3.50. The lowest BCUT2D eigenvalue weighted by Crippen LogP contribution is -2.61. The zero-order valence-corrected chi connectivity index (χ0v) is 18.6. The summed E-state index contributed by atoms with van der Waals surface area (Å²) < 4.78 is 5.74. The molecule has 0 radical (unpaired) electrons. The molecular weight excluding hydrogens is 429 g/mol. The van der Waals surface area contributed by atoms with Gasteiger partial charge < -0.3 is 24.7 Å². The average Bonchev–Trinajstić information content (AvgIpc) is 2.74. The van der Waals surface area contributed by atoms with Gasteiger partial charge >= 0.3 is 0 Å². The van der Waals surface area contributed by atoms with Gasteiger partial charge in [0, 0.05) is 45.8 Å². The maximum Gasteiger partial charge on any atom is 0.189 e. The Labute approximate surface area is 187 Å². The van der Waals surface area contributed by atoms with Gasteiger partial charge in [-0.25, -0.2) is 4.90 Å². The summed E-state index contributed by atoms with van der Waals surface area (Å²) in [6, 6.07) is 5.10. The molecule has 1 aromatic carbocycles. The molecule has 2 aliphatic heterocycles. The number of ether oxygens (including phenoxy) is 1. The standard InChI is InChI=1S/C20H27Cl2N5O3/c1-24-17(12-18(28)25(2)20(24)29)27-7-5-26(6-8-27)4-3-9-30-19-15(21)10-14(13-23)11-16(19)22/h10-12,17,20,28-29H,3-9H2,1-2H3. The van der Waals surface area contributed by atoms with Crippen LogP contribution in [0.2, 0.25) is 10.0 Å². The van der Waals surface area contributed by atoms with E-state index in [1.165, 1.54) is 4.90 Å². The van der Waals surface area contributed by atoms with Crippen molar-refractivity contribution in [1.82, 2.24) is 19.6 Å². The van der Waals surface area contributed by atoms with E-state index in [1.54, 1.807) is 25.3 Å². The first-order valence-electron chi connectivity index (χ1n) is 9.83. The van der Waals surface area contributed by atoms with Crippen molar-refractivity contribution in [3.05, 3.63) is 39.7 Å². The number of benzene rings is 1. The van der Waals surface area contributed by atoms with E-state index in [-0.39, 0.29) is 12.0 Å². The van der Waals surface area contributed by atoms with Crippen LogP contribution in [0.25, 0.3) is 0 Å². The van der Waals surface area contributed by atoms with E-state index in [1.807, 2.05) is 18.0 Å². The molecule has 10 heteroatoms. The van der Waals surface area contributed by atoms with Crippen molar-refractivity contribution in [2.45, 2.75) is 18.9 Å². The van der Waals surface area contributed by atoms with Crippen molar-refractivity contribution < 1.29 is 14.9 Å². The number of nitriles is 1. The Balaban J connectivity index is 1.43. The van der Waals surface area contributed by atoms with Gasteiger partial charge in [-0.05, 0) is 25.6 Å². The van der Waals surface area contributed by atoms with E-state index in [0.29, 0.717) is 28.0 Å². The lowest BCUT2D eigenvalue weighted by atomic mass is 10.2. The number of halogens is 2. The molecule has 30 heavy (non-hydrogen) atoms. The number of nitrogens with zero attached hydrogens (tertiary/aromatic N) is 5. The molecule has 0 aliphatic carbocycles. The van der Waals surface area contributed by atoms with Crippen LogP contribution in [0.3, 0.4) is 0 Å². The molecule has 1 aromatic rings. The monoisotopic (exact) mass is 455 g/mol. The van der Waals surface area contributed by atoms with Crippen LogP contribution < -0.4 is 4.74 Å². The molecule has 1 fully saturated rings. The maximum atomic E-state index is 10.2. The molecule has 0 saturated carbocycles. The first-order valence-corrected chi connectivity index (χ1v) is 10.6. The molecule has 0 aromatic heterocycles. The molecule has 0 bridgehead atoms. The van der Waals surface area contributed by atoms with Crippen molar-refractivity contribution in [3.63, 3.8) is 0 Å². The Bertz CT molecular complexity index is 800. The van der Waals surface area contributed by atoms with Crippen molar-refractivity contribution in [3.8, 4) is 11.8 Å². The second kappa shape index (κ2) is 10.1. The van der Waals surface area contributed by atoms with E-state index >= 15 is 0 Å². The van der Waals surface area contributed by atoms with Gasteiger partial charge in [0.15, 0.2) is 18.0 Å². The normalized spacial score (nSPS) is 23.9. The summed E-state index contributed by atoms with van der Waals surface area (Å²) in [5, 5.41) is 29.9. The topological polar surface area (TPSA) is 86.4 Å². The second-order valence-corrected chi connectivity index (χ2v) is 8.34. The van der Waals surface area contributed by atoms with Crippen LogP contribution >= 0.6 is 23.2 Å². The number of aliphatic hydroxyl groups is 2. The highest BCUT2D eigenvalue weighted by Crippen LogP contribution is 2.34. The van der Waals surface area contributed by atoms with Gasteiger partial charge in [-0.3, -0.25) is 4.90 Å². The van der Waals surface area contributed by atoms with Crippen molar-refractivity contribution >= 4 is 23.2 Å². The molecule has 2 heterocycles. The number of aliphatic hydroxyl groups excluding tert-OH is 2. The molecule has 0 amide bonds. The lowest BCUT2D eigenvalue weighted by Gasteiger charge is -2.46. The van der Waals surface area contributed by atoms with Crippen LogP contribution in [0.4, 0.5) is 0 Å². The molecule has 1 saturated heterocycles. The van der Waals surface area contributed by atoms with Crippen LogP contribution in [-0.2, 0) is 0 Å². The predicted molar refractivity (Wildman–Crippen MR) is 115 cm³/mol. The second-order valence-electron chi connectivity index (χ2n) is 7.52. The summed E-state index contributed by atoms with van der Waals surface area (Å²) in [6.45, 7) is 4.82. The summed E-state index contributed by atoms with van der Waals surface area (Å²) in [5.74, 6) is 0.503. The molecule has 164 valence electrons. The molecule has 2 aliphatic rings. The third-order valence-electron chi connectivity index (χ3n) is 5.56. The fourth-order valence-corrected chi connectivity index (χ4v) is 4.33. The SMILES string of the molecule is CN1C(O)=CC(N2CCN(CCCOc3c(Cl)cc(C#N)cc3Cl)CC2)N(C)C1O. The summed E-state index contributed by atoms with van der Waals surface area (Å²) in [4.78, 5) is 7.86. The van der Waals surface area contributed by atoms with Crippen molar-refractivity contribution in [2.75, 3.05) is 53.4 Å². The number of hydrogen-bond acceptors (Lipinski definition) is 8. The molecular formula is C20H27Cl2N5O3. The number of hydrogen-bond donors (Lipinski definition) is 2. The number of rotatable bonds is 6. The predicted octanol–water partition coefficient (Wildman–Crippen LogP) is 2.13. The minimum absolute atomic E-state index is 0.0882. The highest BCUT2D eigenvalue weighted by Gasteiger charge is 2.34. The zero-order valence-electron chi connectivity index (χ0n) is 17.1. The van der Waals surface area contributed by atoms with Crippen molar-refractivity contribution in [1.29, 1.82) is 5.26 Å². The highest BCUT2D eigenvalue weighted by atomic mass is 35.5. The van der Waals surface area contributed by atoms with E-state index < -0.39 is 6.35 Å². The van der Waals surface area contributed by atoms with Gasteiger partial charge in [0.25, 0.3) is 0 Å². The lowest BCUT2D eigenvalue weighted by molar-refractivity contribution is -0.143. The Morgan fingerprint density at radius 3 is 2.40 bits per heavy atom. The number of piperazine rings is 1. The van der Waals surface area contributed by atoms with Crippen LogP contribution in [0.5, 0.6) is 5.75 Å². The van der Waals surface area contributed by atoms with E-state index in [4.69, 9.17) is 33.2 Å². The summed E-state index contributed by atoms with van der Waals surface area (Å²) in [5.41, 5.74) is 0.404. The molecule has 0 spiro atoms. The highest BCUT2D eigenvalue weighted by molar-refractivity contribution is 6.37. The minimum Gasteiger partial charge on any atom is -0.495 e. The Kier molecular flexibility index (Phi) is 7.69. The fraction of sp³-hybridized carbons (Fsp3) is 0.550. The summed E-state index contributed by atoms with van der Waals surface area (Å²) >= 11 is 12.3. The quantitative estimate of drug-likeness (QED) is 0.630. The first-order chi connectivity index (χ1) is 14.3. The first kappa shape index (κ1) is 22.9.